The maximum absolute atomic E-state index is 6.17. The summed E-state index contributed by atoms with van der Waals surface area (Å²) in [5.74, 6) is 0. The van der Waals surface area contributed by atoms with Crippen molar-refractivity contribution < 1.29 is 0 Å². The smallest absolute Gasteiger partial charge is 0.0409 e. The number of hydrogen-bond donors (Lipinski definition) is 1. The molecule has 2 rings (SSSR count). The third-order valence-electron chi connectivity index (χ3n) is 2.87. The van der Waals surface area contributed by atoms with Crippen molar-refractivity contribution in [2.75, 3.05) is 0 Å². The Balaban J connectivity index is 2.28. The second-order valence-electron chi connectivity index (χ2n) is 3.88. The summed E-state index contributed by atoms with van der Waals surface area (Å²) >= 11 is 0. The zero-order valence-electron chi connectivity index (χ0n) is 7.51. The molecule has 1 aliphatic carbocycles. The average molecular weight is 161 g/mol. The summed E-state index contributed by atoms with van der Waals surface area (Å²) in [7, 11) is 0. The van der Waals surface area contributed by atoms with E-state index in [1.54, 1.807) is 0 Å². The van der Waals surface area contributed by atoms with E-state index < -0.39 is 0 Å². The van der Waals surface area contributed by atoms with Gasteiger partial charge >= 0.3 is 0 Å². The Morgan fingerprint density at radius 3 is 2.17 bits per heavy atom. The molecule has 1 aromatic rings. The summed E-state index contributed by atoms with van der Waals surface area (Å²) in [5, 5.41) is 0. The second kappa shape index (κ2) is 2.60. The predicted molar refractivity (Wildman–Crippen MR) is 50.9 cm³/mol. The minimum atomic E-state index is 0.00764. The number of rotatable bonds is 1. The van der Waals surface area contributed by atoms with Crippen LogP contribution in [-0.4, -0.2) is 0 Å². The van der Waals surface area contributed by atoms with Crippen molar-refractivity contribution >= 4 is 0 Å². The molecule has 1 aliphatic rings. The molecule has 0 unspecified atom stereocenters. The van der Waals surface area contributed by atoms with Gasteiger partial charge in [-0.2, -0.15) is 0 Å². The van der Waals surface area contributed by atoms with Crippen LogP contribution in [0.15, 0.2) is 24.3 Å². The number of nitrogens with two attached hydrogens (primary N) is 1. The molecular formula is C11H15N. The van der Waals surface area contributed by atoms with Gasteiger partial charge in [0.2, 0.25) is 0 Å². The normalized spacial score (nSPS) is 20.2. The van der Waals surface area contributed by atoms with Crippen molar-refractivity contribution in [3.63, 3.8) is 0 Å². The molecule has 0 spiro atoms. The molecule has 64 valence electrons. The van der Waals surface area contributed by atoms with Gasteiger partial charge in [0, 0.05) is 5.54 Å². The van der Waals surface area contributed by atoms with Crippen molar-refractivity contribution in [2.24, 2.45) is 5.73 Å². The quantitative estimate of drug-likeness (QED) is 0.672. The molecule has 0 bridgehead atoms. The van der Waals surface area contributed by atoms with Gasteiger partial charge in [0.15, 0.2) is 0 Å². The summed E-state index contributed by atoms with van der Waals surface area (Å²) in [6, 6.07) is 8.60. The van der Waals surface area contributed by atoms with Crippen molar-refractivity contribution in [1.82, 2.24) is 0 Å². The standard InChI is InChI=1S/C11H15N/c1-9-3-5-10(6-4-9)11(12)7-2-8-11/h3-6H,2,7-8,12H2,1H3. The lowest BCUT2D eigenvalue weighted by Crippen LogP contribution is -2.43. The fourth-order valence-corrected chi connectivity index (χ4v) is 1.73. The molecule has 1 saturated carbocycles. The molecule has 0 aromatic heterocycles. The SMILES string of the molecule is Cc1ccc(C2(N)CCC2)cc1. The van der Waals surface area contributed by atoms with Crippen LogP contribution in [0.4, 0.5) is 0 Å². The van der Waals surface area contributed by atoms with Gasteiger partial charge in [-0.3, -0.25) is 0 Å². The molecule has 1 aromatic carbocycles. The molecule has 12 heavy (non-hydrogen) atoms. The summed E-state index contributed by atoms with van der Waals surface area (Å²) in [6.45, 7) is 2.10. The minimum absolute atomic E-state index is 0.00764. The van der Waals surface area contributed by atoms with Crippen LogP contribution in [0.1, 0.15) is 30.4 Å². The number of aryl methyl sites for hydroxylation is 1. The maximum atomic E-state index is 6.17. The summed E-state index contributed by atoms with van der Waals surface area (Å²) in [5.41, 5.74) is 8.79. The van der Waals surface area contributed by atoms with E-state index in [1.165, 1.54) is 17.5 Å². The second-order valence-corrected chi connectivity index (χ2v) is 3.88. The van der Waals surface area contributed by atoms with E-state index in [1.807, 2.05) is 0 Å². The summed E-state index contributed by atoms with van der Waals surface area (Å²) in [6.07, 6.45) is 3.58. The zero-order chi connectivity index (χ0) is 8.60. The van der Waals surface area contributed by atoms with Crippen LogP contribution in [0.2, 0.25) is 0 Å². The zero-order valence-corrected chi connectivity index (χ0v) is 7.51. The molecule has 0 atom stereocenters. The van der Waals surface area contributed by atoms with E-state index >= 15 is 0 Å². The van der Waals surface area contributed by atoms with Crippen molar-refractivity contribution in [3.05, 3.63) is 35.4 Å². The third-order valence-corrected chi connectivity index (χ3v) is 2.87. The van der Waals surface area contributed by atoms with E-state index in [2.05, 4.69) is 31.2 Å². The van der Waals surface area contributed by atoms with Crippen LogP contribution < -0.4 is 5.73 Å². The first-order valence-electron chi connectivity index (χ1n) is 4.57. The van der Waals surface area contributed by atoms with Crippen LogP contribution in [0.3, 0.4) is 0 Å². The molecule has 0 amide bonds. The van der Waals surface area contributed by atoms with Gasteiger partial charge in [-0.15, -0.1) is 0 Å². The van der Waals surface area contributed by atoms with Gasteiger partial charge in [-0.05, 0) is 31.7 Å². The lowest BCUT2D eigenvalue weighted by atomic mass is 9.73. The highest BCUT2D eigenvalue weighted by atomic mass is 14.8. The Labute approximate surface area is 73.6 Å². The molecule has 1 fully saturated rings. The van der Waals surface area contributed by atoms with E-state index in [-0.39, 0.29) is 5.54 Å². The first kappa shape index (κ1) is 7.81. The predicted octanol–water partition coefficient (Wildman–Crippen LogP) is 2.33. The van der Waals surface area contributed by atoms with Gasteiger partial charge in [-0.1, -0.05) is 29.8 Å². The molecule has 0 aliphatic heterocycles. The lowest BCUT2D eigenvalue weighted by Gasteiger charge is -2.38. The van der Waals surface area contributed by atoms with Crippen LogP contribution in [0, 0.1) is 6.92 Å². The largest absolute Gasteiger partial charge is 0.321 e. The molecule has 2 N–H and O–H groups in total. The van der Waals surface area contributed by atoms with Gasteiger partial charge in [0.05, 0.1) is 0 Å². The Kier molecular flexibility index (Phi) is 1.69. The minimum Gasteiger partial charge on any atom is -0.321 e. The van der Waals surface area contributed by atoms with Crippen molar-refractivity contribution in [2.45, 2.75) is 31.7 Å². The van der Waals surface area contributed by atoms with Gasteiger partial charge in [-0.25, -0.2) is 0 Å². The number of hydrogen-bond acceptors (Lipinski definition) is 1. The Morgan fingerprint density at radius 1 is 1.17 bits per heavy atom. The highest BCUT2D eigenvalue weighted by molar-refractivity contribution is 5.29. The average Bonchev–Trinajstić information content (AvgIpc) is 2.02. The van der Waals surface area contributed by atoms with Crippen LogP contribution >= 0.6 is 0 Å². The van der Waals surface area contributed by atoms with Crippen LogP contribution in [-0.2, 0) is 5.54 Å². The molecule has 0 heterocycles. The highest BCUT2D eigenvalue weighted by Crippen LogP contribution is 2.38. The summed E-state index contributed by atoms with van der Waals surface area (Å²) in [4.78, 5) is 0. The molecule has 1 heteroatoms. The van der Waals surface area contributed by atoms with E-state index in [9.17, 15) is 0 Å². The van der Waals surface area contributed by atoms with Gasteiger partial charge < -0.3 is 5.73 Å². The topological polar surface area (TPSA) is 26.0 Å². The third kappa shape index (κ3) is 1.14. The van der Waals surface area contributed by atoms with Crippen LogP contribution in [0.25, 0.3) is 0 Å². The first-order valence-corrected chi connectivity index (χ1v) is 4.57. The Morgan fingerprint density at radius 2 is 1.75 bits per heavy atom. The fourth-order valence-electron chi connectivity index (χ4n) is 1.73. The van der Waals surface area contributed by atoms with E-state index in [0.717, 1.165) is 12.8 Å². The maximum Gasteiger partial charge on any atom is 0.0409 e. The highest BCUT2D eigenvalue weighted by Gasteiger charge is 2.33. The van der Waals surface area contributed by atoms with Crippen molar-refractivity contribution in [1.29, 1.82) is 0 Å². The van der Waals surface area contributed by atoms with Gasteiger partial charge in [0.25, 0.3) is 0 Å². The van der Waals surface area contributed by atoms with Crippen LogP contribution in [0.5, 0.6) is 0 Å². The van der Waals surface area contributed by atoms with Gasteiger partial charge in [0.1, 0.15) is 0 Å². The molecule has 1 nitrogen and oxygen atoms in total. The molecule has 0 radical (unpaired) electrons. The number of benzene rings is 1. The van der Waals surface area contributed by atoms with Crippen molar-refractivity contribution in [3.8, 4) is 0 Å². The Hall–Kier alpha value is -0.820. The first-order chi connectivity index (χ1) is 5.71. The Bertz CT molecular complexity index is 270. The fraction of sp³-hybridized carbons (Fsp3) is 0.455. The monoisotopic (exact) mass is 161 g/mol. The lowest BCUT2D eigenvalue weighted by molar-refractivity contribution is 0.253. The van der Waals surface area contributed by atoms with E-state index in [4.69, 9.17) is 5.73 Å². The molecule has 0 saturated heterocycles. The summed E-state index contributed by atoms with van der Waals surface area (Å²) < 4.78 is 0. The van der Waals surface area contributed by atoms with E-state index in [0.29, 0.717) is 0 Å². The molecular weight excluding hydrogens is 146 g/mol.